The lowest BCUT2D eigenvalue weighted by Crippen LogP contribution is -2.40. The first kappa shape index (κ1) is 29.7. The minimum absolute atomic E-state index is 0.0901. The number of carbonyl (C=O) groups excluding carboxylic acids is 3. The zero-order valence-corrected chi connectivity index (χ0v) is 22.1. The standard InChI is InChI=1S/C24H25F6N5O4S/c1-3-16(24(28,29)30)33-17-7-13(23(25,26)27)12(8-31-17)19-18(22(38)35-6-4-5-11(35)2)34-21(40-19)20(37)32-14-9-39-10-15(14)36/h7-8,11,14,16H,3-6,9-10H2,1-2H3,(H,31,33)(H,32,37)/t11-,14-,16-/m0/s1. The van der Waals surface area contributed by atoms with Gasteiger partial charge in [0.05, 0.1) is 17.0 Å². The van der Waals surface area contributed by atoms with E-state index in [1.165, 1.54) is 11.8 Å². The van der Waals surface area contributed by atoms with E-state index in [0.29, 0.717) is 43.0 Å². The van der Waals surface area contributed by atoms with E-state index in [2.05, 4.69) is 15.3 Å². The molecule has 218 valence electrons. The molecular formula is C24H25F6N5O4S. The van der Waals surface area contributed by atoms with Crippen LogP contribution in [0.1, 0.15) is 59.0 Å². The van der Waals surface area contributed by atoms with E-state index in [0.717, 1.165) is 0 Å². The fraction of sp³-hybridized carbons (Fsp3) is 0.542. The lowest BCUT2D eigenvalue weighted by Gasteiger charge is -2.22. The molecule has 2 N–H and O–H groups in total. The van der Waals surface area contributed by atoms with Crippen molar-refractivity contribution < 1.29 is 45.5 Å². The Bertz CT molecular complexity index is 1300. The van der Waals surface area contributed by atoms with Crippen molar-refractivity contribution in [3.8, 4) is 10.4 Å². The van der Waals surface area contributed by atoms with Crippen molar-refractivity contribution in [1.82, 2.24) is 20.2 Å². The number of aromatic nitrogens is 2. The topological polar surface area (TPSA) is 114 Å². The van der Waals surface area contributed by atoms with Gasteiger partial charge >= 0.3 is 12.4 Å². The molecule has 2 aromatic heterocycles. The normalized spacial score (nSPS) is 20.6. The fourth-order valence-corrected chi connectivity index (χ4v) is 5.46. The molecule has 2 amide bonds. The molecule has 0 saturated carbocycles. The van der Waals surface area contributed by atoms with Gasteiger partial charge in [0.1, 0.15) is 30.2 Å². The second-order valence-electron chi connectivity index (χ2n) is 9.45. The number of carbonyl (C=O) groups is 3. The maximum absolute atomic E-state index is 14.2. The Labute approximate surface area is 228 Å². The summed E-state index contributed by atoms with van der Waals surface area (Å²) in [6.45, 7) is 3.02. The van der Waals surface area contributed by atoms with Crippen LogP contribution in [0.15, 0.2) is 12.3 Å². The number of Topliss-reactive ketones (excluding diaryl/α,β-unsaturated/α-hetero) is 1. The van der Waals surface area contributed by atoms with Crippen LogP contribution >= 0.6 is 11.3 Å². The molecule has 2 aliphatic heterocycles. The highest BCUT2D eigenvalue weighted by Gasteiger charge is 2.41. The first-order valence-corrected chi connectivity index (χ1v) is 13.2. The highest BCUT2D eigenvalue weighted by atomic mass is 32.1. The lowest BCUT2D eigenvalue weighted by molar-refractivity contribution is -0.142. The second kappa shape index (κ2) is 11.3. The molecule has 0 aromatic carbocycles. The summed E-state index contributed by atoms with van der Waals surface area (Å²) in [5.74, 6) is -2.65. The van der Waals surface area contributed by atoms with Crippen molar-refractivity contribution in [1.29, 1.82) is 0 Å². The van der Waals surface area contributed by atoms with Crippen LogP contribution < -0.4 is 10.6 Å². The number of nitrogens with zero attached hydrogens (tertiary/aromatic N) is 3. The summed E-state index contributed by atoms with van der Waals surface area (Å²) in [6, 6.07) is -2.91. The number of likely N-dealkylation sites (tertiary alicyclic amines) is 1. The molecule has 3 atom stereocenters. The van der Waals surface area contributed by atoms with Gasteiger partial charge in [-0.25, -0.2) is 9.97 Å². The number of hydrogen-bond acceptors (Lipinski definition) is 8. The van der Waals surface area contributed by atoms with Crippen LogP contribution in [-0.4, -0.2) is 76.5 Å². The molecule has 0 aliphatic carbocycles. The van der Waals surface area contributed by atoms with Crippen molar-refractivity contribution in [3.63, 3.8) is 0 Å². The molecule has 0 bridgehead atoms. The van der Waals surface area contributed by atoms with Crippen molar-refractivity contribution in [2.75, 3.05) is 25.1 Å². The van der Waals surface area contributed by atoms with E-state index in [1.54, 1.807) is 6.92 Å². The number of anilines is 1. The average molecular weight is 594 g/mol. The van der Waals surface area contributed by atoms with E-state index < -0.39 is 71.1 Å². The molecule has 4 heterocycles. The fourth-order valence-electron chi connectivity index (χ4n) is 4.47. The third kappa shape index (κ3) is 6.22. The molecule has 2 aliphatic rings. The van der Waals surface area contributed by atoms with Crippen molar-refractivity contribution >= 4 is 34.8 Å². The summed E-state index contributed by atoms with van der Waals surface area (Å²) in [4.78, 5) is 47.1. The lowest BCUT2D eigenvalue weighted by atomic mass is 10.1. The van der Waals surface area contributed by atoms with Gasteiger partial charge in [-0.15, -0.1) is 11.3 Å². The first-order valence-electron chi connectivity index (χ1n) is 12.3. The third-order valence-corrected chi connectivity index (χ3v) is 7.73. The third-order valence-electron chi connectivity index (χ3n) is 6.64. The summed E-state index contributed by atoms with van der Waals surface area (Å²) >= 11 is 0.489. The van der Waals surface area contributed by atoms with Crippen LogP contribution in [0.25, 0.3) is 10.4 Å². The first-order chi connectivity index (χ1) is 18.7. The Balaban J connectivity index is 1.79. The van der Waals surface area contributed by atoms with Crippen LogP contribution in [0.5, 0.6) is 0 Å². The monoisotopic (exact) mass is 593 g/mol. The van der Waals surface area contributed by atoms with Gasteiger partial charge in [0.25, 0.3) is 11.8 Å². The number of pyridine rings is 1. The Morgan fingerprint density at radius 1 is 1.25 bits per heavy atom. The maximum atomic E-state index is 14.2. The molecule has 9 nitrogen and oxygen atoms in total. The molecule has 16 heteroatoms. The molecule has 0 spiro atoms. The minimum atomic E-state index is -5.06. The zero-order chi connectivity index (χ0) is 29.4. The van der Waals surface area contributed by atoms with Gasteiger partial charge in [-0.2, -0.15) is 26.3 Å². The smallest absolute Gasteiger partial charge is 0.371 e. The minimum Gasteiger partial charge on any atom is -0.371 e. The van der Waals surface area contributed by atoms with Crippen LogP contribution in [0.4, 0.5) is 32.2 Å². The molecule has 0 radical (unpaired) electrons. The molecule has 2 fully saturated rings. The number of nitrogens with one attached hydrogen (secondary N) is 2. The predicted molar refractivity (Wildman–Crippen MR) is 131 cm³/mol. The van der Waals surface area contributed by atoms with Gasteiger partial charge < -0.3 is 20.3 Å². The summed E-state index contributed by atoms with van der Waals surface area (Å²) in [5.41, 5.74) is -2.40. The predicted octanol–water partition coefficient (Wildman–Crippen LogP) is 4.30. The highest BCUT2D eigenvalue weighted by Crippen LogP contribution is 2.42. The van der Waals surface area contributed by atoms with Crippen molar-refractivity contribution in [2.45, 2.75) is 63.6 Å². The Morgan fingerprint density at radius 2 is 1.98 bits per heavy atom. The number of alkyl halides is 6. The van der Waals surface area contributed by atoms with Gasteiger partial charge in [0.15, 0.2) is 10.8 Å². The highest BCUT2D eigenvalue weighted by molar-refractivity contribution is 7.17. The number of hydrogen-bond donors (Lipinski definition) is 2. The molecule has 0 unspecified atom stereocenters. The second-order valence-corrected chi connectivity index (χ2v) is 10.5. The van der Waals surface area contributed by atoms with Crippen LogP contribution in [0, 0.1) is 0 Å². The summed E-state index contributed by atoms with van der Waals surface area (Å²) < 4.78 is 87.3. The van der Waals surface area contributed by atoms with E-state index in [-0.39, 0.29) is 29.1 Å². The van der Waals surface area contributed by atoms with E-state index in [9.17, 15) is 40.7 Å². The van der Waals surface area contributed by atoms with E-state index in [4.69, 9.17) is 4.74 Å². The Hall–Kier alpha value is -3.27. The molecule has 2 saturated heterocycles. The van der Waals surface area contributed by atoms with Crippen molar-refractivity contribution in [2.24, 2.45) is 0 Å². The molecule has 2 aromatic rings. The number of ketones is 1. The molecular weight excluding hydrogens is 568 g/mol. The van der Waals surface area contributed by atoms with E-state index in [1.807, 2.05) is 5.32 Å². The van der Waals surface area contributed by atoms with Gasteiger partial charge in [0.2, 0.25) is 0 Å². The van der Waals surface area contributed by atoms with Gasteiger partial charge in [-0.05, 0) is 32.3 Å². The van der Waals surface area contributed by atoms with Gasteiger partial charge in [-0.3, -0.25) is 14.4 Å². The quantitative estimate of drug-likeness (QED) is 0.461. The number of rotatable bonds is 7. The number of ether oxygens (including phenoxy) is 1. The summed E-state index contributed by atoms with van der Waals surface area (Å²) in [7, 11) is 0. The molecule has 40 heavy (non-hydrogen) atoms. The number of amides is 2. The zero-order valence-electron chi connectivity index (χ0n) is 21.3. The number of halogens is 6. The van der Waals surface area contributed by atoms with Crippen LogP contribution in [-0.2, 0) is 15.7 Å². The SMILES string of the molecule is CC[C@H](Nc1cc(C(F)(F)F)c(-c2sc(C(=O)N[C@H]3COCC3=O)nc2C(=O)N2CCC[C@@H]2C)cn1)C(F)(F)F. The largest absolute Gasteiger partial charge is 0.417 e. The summed E-state index contributed by atoms with van der Waals surface area (Å²) in [5, 5.41) is 4.02. The van der Waals surface area contributed by atoms with Gasteiger partial charge in [-0.1, -0.05) is 6.92 Å². The van der Waals surface area contributed by atoms with Crippen molar-refractivity contribution in [3.05, 3.63) is 28.5 Å². The number of thiazole rings is 1. The van der Waals surface area contributed by atoms with Gasteiger partial charge in [0, 0.05) is 24.3 Å². The Morgan fingerprint density at radius 3 is 2.52 bits per heavy atom. The Kier molecular flexibility index (Phi) is 8.40. The molecule has 4 rings (SSSR count). The summed E-state index contributed by atoms with van der Waals surface area (Å²) in [6.07, 6.45) is -8.21. The van der Waals surface area contributed by atoms with Crippen LogP contribution in [0.2, 0.25) is 0 Å². The van der Waals surface area contributed by atoms with E-state index >= 15 is 0 Å². The van der Waals surface area contributed by atoms with Crippen LogP contribution in [0.3, 0.4) is 0 Å². The maximum Gasteiger partial charge on any atom is 0.417 e. The average Bonchev–Trinajstić information content (AvgIpc) is 3.61.